The number of non-ortho nitro benzene ring substituents is 1. The maximum absolute atomic E-state index is 10.6. The van der Waals surface area contributed by atoms with Crippen LogP contribution < -0.4 is 5.32 Å². The number of anilines is 1. The molecule has 0 bridgehead atoms. The van der Waals surface area contributed by atoms with E-state index in [1.165, 1.54) is 0 Å². The molecule has 0 fully saturated rings. The molecule has 15 heavy (non-hydrogen) atoms. The van der Waals surface area contributed by atoms with Gasteiger partial charge in [0.25, 0.3) is 5.69 Å². The highest BCUT2D eigenvalue weighted by Gasteiger charge is 2.07. The van der Waals surface area contributed by atoms with E-state index in [0.29, 0.717) is 5.92 Å². The van der Waals surface area contributed by atoms with E-state index in [4.69, 9.17) is 0 Å². The summed E-state index contributed by atoms with van der Waals surface area (Å²) in [6, 6.07) is 5.05. The van der Waals surface area contributed by atoms with Gasteiger partial charge in [0.2, 0.25) is 0 Å². The van der Waals surface area contributed by atoms with Gasteiger partial charge in [0.1, 0.15) is 0 Å². The van der Waals surface area contributed by atoms with E-state index in [1.807, 2.05) is 13.0 Å². The minimum atomic E-state index is -0.368. The zero-order chi connectivity index (χ0) is 11.4. The first kappa shape index (κ1) is 11.5. The zero-order valence-electron chi connectivity index (χ0n) is 9.28. The van der Waals surface area contributed by atoms with Crippen LogP contribution in [-0.2, 0) is 0 Å². The number of aryl methyl sites for hydroxylation is 1. The van der Waals surface area contributed by atoms with Crippen molar-refractivity contribution >= 4 is 11.4 Å². The van der Waals surface area contributed by atoms with Crippen LogP contribution in [0.2, 0.25) is 0 Å². The number of benzene rings is 1. The van der Waals surface area contributed by atoms with Gasteiger partial charge in [-0.3, -0.25) is 10.1 Å². The summed E-state index contributed by atoms with van der Waals surface area (Å²) in [5.74, 6) is 0.518. The smallest absolute Gasteiger partial charge is 0.271 e. The molecule has 0 atom stereocenters. The summed E-state index contributed by atoms with van der Waals surface area (Å²) < 4.78 is 0. The van der Waals surface area contributed by atoms with E-state index < -0.39 is 0 Å². The average molecular weight is 208 g/mol. The summed E-state index contributed by atoms with van der Waals surface area (Å²) in [6.07, 6.45) is 0. The highest BCUT2D eigenvalue weighted by atomic mass is 16.6. The van der Waals surface area contributed by atoms with Crippen LogP contribution in [0.15, 0.2) is 18.2 Å². The first-order chi connectivity index (χ1) is 6.99. The molecule has 0 unspecified atom stereocenters. The molecular weight excluding hydrogens is 192 g/mol. The van der Waals surface area contributed by atoms with E-state index in [1.54, 1.807) is 12.1 Å². The molecule has 1 aromatic carbocycles. The van der Waals surface area contributed by atoms with E-state index in [2.05, 4.69) is 19.2 Å². The Morgan fingerprint density at radius 2 is 2.07 bits per heavy atom. The van der Waals surface area contributed by atoms with Crippen molar-refractivity contribution in [2.45, 2.75) is 20.8 Å². The lowest BCUT2D eigenvalue weighted by Gasteiger charge is -2.09. The van der Waals surface area contributed by atoms with Crippen LogP contribution in [0, 0.1) is 23.0 Å². The van der Waals surface area contributed by atoms with Crippen molar-refractivity contribution in [1.82, 2.24) is 0 Å². The topological polar surface area (TPSA) is 55.2 Å². The number of hydrogen-bond donors (Lipinski definition) is 1. The van der Waals surface area contributed by atoms with Crippen LogP contribution in [0.3, 0.4) is 0 Å². The lowest BCUT2D eigenvalue weighted by Crippen LogP contribution is -2.08. The van der Waals surface area contributed by atoms with Crippen LogP contribution in [0.25, 0.3) is 0 Å². The van der Waals surface area contributed by atoms with E-state index in [-0.39, 0.29) is 10.6 Å². The van der Waals surface area contributed by atoms with Crippen LogP contribution >= 0.6 is 0 Å². The number of nitrogens with zero attached hydrogens (tertiary/aromatic N) is 1. The third-order valence-electron chi connectivity index (χ3n) is 1.99. The number of nitro groups is 1. The van der Waals surface area contributed by atoms with Crippen LogP contribution in [0.4, 0.5) is 11.4 Å². The third-order valence-corrected chi connectivity index (χ3v) is 1.99. The number of nitrogens with one attached hydrogen (secondary N) is 1. The van der Waals surface area contributed by atoms with Crippen molar-refractivity contribution in [3.8, 4) is 0 Å². The molecule has 0 aliphatic heterocycles. The fraction of sp³-hybridized carbons (Fsp3) is 0.455. The summed E-state index contributed by atoms with van der Waals surface area (Å²) >= 11 is 0. The normalized spacial score (nSPS) is 10.4. The number of rotatable bonds is 4. The van der Waals surface area contributed by atoms with Crippen molar-refractivity contribution in [2.75, 3.05) is 11.9 Å². The minimum Gasteiger partial charge on any atom is -0.385 e. The van der Waals surface area contributed by atoms with Gasteiger partial charge in [-0.05, 0) is 24.5 Å². The Morgan fingerprint density at radius 1 is 1.40 bits per heavy atom. The summed E-state index contributed by atoms with van der Waals surface area (Å²) in [5, 5.41) is 13.8. The van der Waals surface area contributed by atoms with Crippen LogP contribution in [-0.4, -0.2) is 11.5 Å². The second kappa shape index (κ2) is 4.77. The molecule has 4 heteroatoms. The number of hydrogen-bond acceptors (Lipinski definition) is 3. The Kier molecular flexibility index (Phi) is 3.66. The molecule has 0 aliphatic rings. The lowest BCUT2D eigenvalue weighted by atomic mass is 10.1. The molecule has 1 rings (SSSR count). The Hall–Kier alpha value is -1.58. The SMILES string of the molecule is Cc1cc(NCC(C)C)cc([N+](=O)[O-])c1. The van der Waals surface area contributed by atoms with E-state index in [0.717, 1.165) is 17.8 Å². The molecule has 0 radical (unpaired) electrons. The molecular formula is C11H16N2O2. The molecule has 0 heterocycles. The summed E-state index contributed by atoms with van der Waals surface area (Å²) in [4.78, 5) is 10.3. The highest BCUT2D eigenvalue weighted by Crippen LogP contribution is 2.20. The fourth-order valence-electron chi connectivity index (χ4n) is 1.29. The molecule has 1 aromatic rings. The van der Waals surface area contributed by atoms with E-state index >= 15 is 0 Å². The molecule has 1 N–H and O–H groups in total. The Balaban J connectivity index is 2.84. The van der Waals surface area contributed by atoms with Crippen molar-refractivity contribution in [2.24, 2.45) is 5.92 Å². The fourth-order valence-corrected chi connectivity index (χ4v) is 1.29. The summed E-state index contributed by atoms with van der Waals surface area (Å²) in [5.41, 5.74) is 1.85. The summed E-state index contributed by atoms with van der Waals surface area (Å²) in [6.45, 7) is 6.86. The minimum absolute atomic E-state index is 0.140. The maximum Gasteiger partial charge on any atom is 0.271 e. The second-order valence-corrected chi connectivity index (χ2v) is 4.09. The zero-order valence-corrected chi connectivity index (χ0v) is 9.28. The second-order valence-electron chi connectivity index (χ2n) is 4.09. The number of nitro benzene ring substituents is 1. The van der Waals surface area contributed by atoms with Gasteiger partial charge in [0.15, 0.2) is 0 Å². The Labute approximate surface area is 89.5 Å². The van der Waals surface area contributed by atoms with E-state index in [9.17, 15) is 10.1 Å². The van der Waals surface area contributed by atoms with Crippen LogP contribution in [0.5, 0.6) is 0 Å². The Morgan fingerprint density at radius 3 is 2.60 bits per heavy atom. The van der Waals surface area contributed by atoms with Gasteiger partial charge < -0.3 is 5.32 Å². The van der Waals surface area contributed by atoms with Crippen molar-refractivity contribution in [3.63, 3.8) is 0 Å². The first-order valence-corrected chi connectivity index (χ1v) is 4.99. The molecule has 0 amide bonds. The van der Waals surface area contributed by atoms with Crippen LogP contribution in [0.1, 0.15) is 19.4 Å². The quantitative estimate of drug-likeness (QED) is 0.611. The maximum atomic E-state index is 10.6. The van der Waals surface area contributed by atoms with Gasteiger partial charge >= 0.3 is 0 Å². The predicted octanol–water partition coefficient (Wildman–Crippen LogP) is 2.97. The standard InChI is InChI=1S/C11H16N2O2/c1-8(2)7-12-10-4-9(3)5-11(6-10)13(14)15/h4-6,8,12H,7H2,1-3H3. The summed E-state index contributed by atoms with van der Waals surface area (Å²) in [7, 11) is 0. The van der Waals surface area contributed by atoms with Gasteiger partial charge in [0.05, 0.1) is 4.92 Å². The molecule has 0 saturated heterocycles. The third kappa shape index (κ3) is 3.58. The lowest BCUT2D eigenvalue weighted by molar-refractivity contribution is -0.384. The Bertz CT molecular complexity index is 362. The van der Waals surface area contributed by atoms with Gasteiger partial charge in [0, 0.05) is 24.4 Å². The molecule has 0 aliphatic carbocycles. The van der Waals surface area contributed by atoms with Crippen molar-refractivity contribution in [1.29, 1.82) is 0 Å². The molecule has 0 aromatic heterocycles. The average Bonchev–Trinajstić information content (AvgIpc) is 2.13. The molecule has 0 spiro atoms. The first-order valence-electron chi connectivity index (χ1n) is 4.99. The highest BCUT2D eigenvalue weighted by molar-refractivity contribution is 5.53. The molecule has 4 nitrogen and oxygen atoms in total. The van der Waals surface area contributed by atoms with Gasteiger partial charge in [-0.2, -0.15) is 0 Å². The largest absolute Gasteiger partial charge is 0.385 e. The van der Waals surface area contributed by atoms with Gasteiger partial charge in [-0.1, -0.05) is 13.8 Å². The monoisotopic (exact) mass is 208 g/mol. The van der Waals surface area contributed by atoms with Gasteiger partial charge in [-0.25, -0.2) is 0 Å². The van der Waals surface area contributed by atoms with Crippen molar-refractivity contribution in [3.05, 3.63) is 33.9 Å². The molecule has 82 valence electrons. The van der Waals surface area contributed by atoms with Crippen molar-refractivity contribution < 1.29 is 4.92 Å². The molecule has 0 saturated carbocycles. The predicted molar refractivity (Wildman–Crippen MR) is 61.2 cm³/mol. The van der Waals surface area contributed by atoms with Gasteiger partial charge in [-0.15, -0.1) is 0 Å².